The minimum Gasteiger partial charge on any atom is -0.462 e. The van der Waals surface area contributed by atoms with Crippen molar-refractivity contribution in [3.63, 3.8) is 0 Å². The maximum absolute atomic E-state index is 12.3. The molecule has 0 unspecified atom stereocenters. The SMILES string of the molecule is CCOC(=O)c1c(C)[nH]c(C(=O)COC(=O)CSc2ccccc2)c1C. The van der Waals surface area contributed by atoms with Crippen LogP contribution in [0.2, 0.25) is 0 Å². The van der Waals surface area contributed by atoms with Gasteiger partial charge in [0.15, 0.2) is 6.61 Å². The second kappa shape index (κ2) is 9.24. The van der Waals surface area contributed by atoms with E-state index in [-0.39, 0.29) is 30.4 Å². The zero-order valence-electron chi connectivity index (χ0n) is 15.0. The van der Waals surface area contributed by atoms with Crippen LogP contribution in [0, 0.1) is 13.8 Å². The molecule has 0 aliphatic heterocycles. The van der Waals surface area contributed by atoms with Crippen LogP contribution < -0.4 is 0 Å². The summed E-state index contributed by atoms with van der Waals surface area (Å²) in [4.78, 5) is 39.9. The van der Waals surface area contributed by atoms with Gasteiger partial charge in [-0.15, -0.1) is 11.8 Å². The first kappa shape index (κ1) is 19.8. The maximum Gasteiger partial charge on any atom is 0.340 e. The largest absolute Gasteiger partial charge is 0.462 e. The second-order valence-corrected chi connectivity index (χ2v) is 6.58. The van der Waals surface area contributed by atoms with E-state index in [0.717, 1.165) is 4.90 Å². The van der Waals surface area contributed by atoms with Crippen molar-refractivity contribution < 1.29 is 23.9 Å². The van der Waals surface area contributed by atoms with Gasteiger partial charge < -0.3 is 14.5 Å². The van der Waals surface area contributed by atoms with Crippen molar-refractivity contribution in [2.24, 2.45) is 0 Å². The van der Waals surface area contributed by atoms with Crippen LogP contribution in [-0.4, -0.2) is 41.7 Å². The van der Waals surface area contributed by atoms with Gasteiger partial charge in [-0.3, -0.25) is 9.59 Å². The van der Waals surface area contributed by atoms with Gasteiger partial charge in [-0.1, -0.05) is 18.2 Å². The smallest absolute Gasteiger partial charge is 0.340 e. The molecule has 0 saturated carbocycles. The molecule has 26 heavy (non-hydrogen) atoms. The zero-order chi connectivity index (χ0) is 19.1. The predicted octanol–water partition coefficient (Wildman–Crippen LogP) is 3.33. The summed E-state index contributed by atoms with van der Waals surface area (Å²) in [6.07, 6.45) is 0. The van der Waals surface area contributed by atoms with E-state index in [0.29, 0.717) is 16.8 Å². The number of carbonyl (C=O) groups is 3. The molecule has 0 atom stereocenters. The van der Waals surface area contributed by atoms with Crippen molar-refractivity contribution in [2.75, 3.05) is 19.0 Å². The molecule has 1 aromatic carbocycles. The molecule has 0 fully saturated rings. The Hall–Kier alpha value is -2.54. The summed E-state index contributed by atoms with van der Waals surface area (Å²) >= 11 is 1.34. The van der Waals surface area contributed by atoms with Gasteiger partial charge in [0.25, 0.3) is 0 Å². The van der Waals surface area contributed by atoms with Crippen molar-refractivity contribution in [2.45, 2.75) is 25.7 Å². The Kier molecular flexibility index (Phi) is 7.03. The van der Waals surface area contributed by atoms with Gasteiger partial charge in [0.1, 0.15) is 0 Å². The molecular weight excluding hydrogens is 354 g/mol. The lowest BCUT2D eigenvalue weighted by Gasteiger charge is -2.05. The average molecular weight is 375 g/mol. The minimum atomic E-state index is -0.478. The zero-order valence-corrected chi connectivity index (χ0v) is 15.8. The minimum absolute atomic E-state index is 0.119. The summed E-state index contributed by atoms with van der Waals surface area (Å²) in [5.41, 5.74) is 1.66. The number of ether oxygens (including phenoxy) is 2. The maximum atomic E-state index is 12.3. The van der Waals surface area contributed by atoms with E-state index in [1.54, 1.807) is 20.8 Å². The van der Waals surface area contributed by atoms with Crippen LogP contribution in [0.25, 0.3) is 0 Å². The van der Waals surface area contributed by atoms with E-state index in [9.17, 15) is 14.4 Å². The van der Waals surface area contributed by atoms with Crippen LogP contribution in [0.5, 0.6) is 0 Å². The number of hydrogen-bond acceptors (Lipinski definition) is 6. The van der Waals surface area contributed by atoms with E-state index < -0.39 is 11.9 Å². The van der Waals surface area contributed by atoms with Crippen LogP contribution in [0.3, 0.4) is 0 Å². The van der Waals surface area contributed by atoms with E-state index in [4.69, 9.17) is 9.47 Å². The Morgan fingerprint density at radius 1 is 1.08 bits per heavy atom. The first-order valence-electron chi connectivity index (χ1n) is 8.17. The molecule has 0 aliphatic rings. The van der Waals surface area contributed by atoms with Gasteiger partial charge in [-0.2, -0.15) is 0 Å². The van der Waals surface area contributed by atoms with E-state index in [2.05, 4.69) is 4.98 Å². The predicted molar refractivity (Wildman–Crippen MR) is 98.7 cm³/mol. The van der Waals surface area contributed by atoms with Crippen LogP contribution in [0.1, 0.15) is 39.0 Å². The summed E-state index contributed by atoms with van der Waals surface area (Å²) in [6.45, 7) is 4.95. The van der Waals surface area contributed by atoms with E-state index in [1.165, 1.54) is 11.8 Å². The van der Waals surface area contributed by atoms with Gasteiger partial charge >= 0.3 is 11.9 Å². The van der Waals surface area contributed by atoms with E-state index in [1.807, 2.05) is 30.3 Å². The molecule has 1 heterocycles. The fourth-order valence-electron chi connectivity index (χ4n) is 2.46. The van der Waals surface area contributed by atoms with Crippen LogP contribution in [-0.2, 0) is 14.3 Å². The van der Waals surface area contributed by atoms with Crippen molar-refractivity contribution in [1.82, 2.24) is 4.98 Å². The normalized spacial score (nSPS) is 10.4. The molecule has 1 N–H and O–H groups in total. The molecule has 2 rings (SSSR count). The Bertz CT molecular complexity index is 798. The van der Waals surface area contributed by atoms with Crippen molar-refractivity contribution in [3.8, 4) is 0 Å². The van der Waals surface area contributed by atoms with Crippen molar-refractivity contribution >= 4 is 29.5 Å². The number of esters is 2. The lowest BCUT2D eigenvalue weighted by Crippen LogP contribution is -2.16. The first-order valence-corrected chi connectivity index (χ1v) is 9.15. The molecule has 0 saturated heterocycles. The Morgan fingerprint density at radius 2 is 1.77 bits per heavy atom. The lowest BCUT2D eigenvalue weighted by molar-refractivity contribution is -0.139. The highest BCUT2D eigenvalue weighted by atomic mass is 32.2. The van der Waals surface area contributed by atoms with Gasteiger partial charge in [-0.25, -0.2) is 4.79 Å². The molecule has 6 nitrogen and oxygen atoms in total. The number of aromatic nitrogens is 1. The number of hydrogen-bond donors (Lipinski definition) is 1. The number of benzene rings is 1. The summed E-state index contributed by atoms with van der Waals surface area (Å²) < 4.78 is 10.0. The topological polar surface area (TPSA) is 85.5 Å². The van der Waals surface area contributed by atoms with Gasteiger partial charge in [0, 0.05) is 10.6 Å². The molecule has 0 aliphatic carbocycles. The molecule has 0 spiro atoms. The Morgan fingerprint density at radius 3 is 2.42 bits per heavy atom. The number of aryl methyl sites for hydroxylation is 1. The summed E-state index contributed by atoms with van der Waals surface area (Å²) in [5, 5.41) is 0. The molecule has 0 bridgehead atoms. The van der Waals surface area contributed by atoms with Crippen LogP contribution in [0.4, 0.5) is 0 Å². The van der Waals surface area contributed by atoms with Gasteiger partial charge in [-0.05, 0) is 38.5 Å². The fourth-order valence-corrected chi connectivity index (χ4v) is 3.17. The summed E-state index contributed by atoms with van der Waals surface area (Å²) in [5.74, 6) is -1.22. The third kappa shape index (κ3) is 4.98. The highest BCUT2D eigenvalue weighted by Gasteiger charge is 2.23. The first-order chi connectivity index (χ1) is 12.4. The number of thioether (sulfide) groups is 1. The molecule has 7 heteroatoms. The highest BCUT2D eigenvalue weighted by molar-refractivity contribution is 8.00. The highest BCUT2D eigenvalue weighted by Crippen LogP contribution is 2.20. The number of carbonyl (C=O) groups excluding carboxylic acids is 3. The lowest BCUT2D eigenvalue weighted by atomic mass is 10.1. The monoisotopic (exact) mass is 375 g/mol. The van der Waals surface area contributed by atoms with E-state index >= 15 is 0 Å². The Balaban J connectivity index is 1.92. The molecule has 2 aromatic rings. The average Bonchev–Trinajstić information content (AvgIpc) is 2.93. The van der Waals surface area contributed by atoms with Crippen LogP contribution >= 0.6 is 11.8 Å². The number of rotatable bonds is 8. The number of H-pyrrole nitrogens is 1. The summed E-state index contributed by atoms with van der Waals surface area (Å²) in [7, 11) is 0. The molecule has 1 aromatic heterocycles. The number of ketones is 1. The summed E-state index contributed by atoms with van der Waals surface area (Å²) in [6, 6.07) is 9.45. The van der Waals surface area contributed by atoms with Crippen molar-refractivity contribution in [1.29, 1.82) is 0 Å². The van der Waals surface area contributed by atoms with Gasteiger partial charge in [0.2, 0.25) is 5.78 Å². The third-order valence-corrected chi connectivity index (χ3v) is 4.65. The van der Waals surface area contributed by atoms with Crippen LogP contribution in [0.15, 0.2) is 35.2 Å². The molecule has 0 radical (unpaired) electrons. The third-order valence-electron chi connectivity index (χ3n) is 3.66. The quantitative estimate of drug-likeness (QED) is 0.433. The second-order valence-electron chi connectivity index (χ2n) is 5.53. The van der Waals surface area contributed by atoms with Gasteiger partial charge in [0.05, 0.1) is 23.6 Å². The molecule has 138 valence electrons. The number of nitrogens with one attached hydrogen (secondary N) is 1. The number of Topliss-reactive ketones (excluding diaryl/α,β-unsaturated/α-hetero) is 1. The molecule has 0 amide bonds. The number of aromatic amines is 1. The fraction of sp³-hybridized carbons (Fsp3) is 0.316. The Labute approximate surface area is 156 Å². The molecular formula is C19H21NO5S. The standard InChI is InChI=1S/C19H21NO5S/c1-4-24-19(23)17-12(2)18(20-13(17)3)15(21)10-25-16(22)11-26-14-8-6-5-7-9-14/h5-9,20H,4,10-11H2,1-3H3. The van der Waals surface area contributed by atoms with Crippen molar-refractivity contribution in [3.05, 3.63) is 52.8 Å².